The van der Waals surface area contributed by atoms with E-state index in [2.05, 4.69) is 20.0 Å². The molecule has 32 heavy (non-hydrogen) atoms. The molecular weight excluding hydrogens is 414 g/mol. The minimum Gasteiger partial charge on any atom is -0.461 e. The van der Waals surface area contributed by atoms with Crippen molar-refractivity contribution in [1.82, 2.24) is 5.32 Å². The summed E-state index contributed by atoms with van der Waals surface area (Å²) in [5.41, 5.74) is 3.61. The molecule has 3 rings (SSSR count). The molecule has 0 radical (unpaired) electrons. The van der Waals surface area contributed by atoms with Crippen molar-refractivity contribution < 1.29 is 28.7 Å². The van der Waals surface area contributed by atoms with E-state index < -0.39 is 29.8 Å². The van der Waals surface area contributed by atoms with Crippen LogP contribution in [0.25, 0.3) is 11.1 Å². The van der Waals surface area contributed by atoms with E-state index in [0.29, 0.717) is 0 Å². The third kappa shape index (κ3) is 4.92. The number of amides is 1. The van der Waals surface area contributed by atoms with Gasteiger partial charge in [0.05, 0.1) is 6.61 Å². The normalized spacial score (nSPS) is 13.2. The Kier molecular flexibility index (Phi) is 7.18. The predicted molar refractivity (Wildman–Crippen MR) is 113 cm³/mol. The minimum atomic E-state index is -1.13. The van der Waals surface area contributed by atoms with Crippen molar-refractivity contribution in [2.24, 2.45) is 5.16 Å². The number of carbonyl (C=O) groups is 3. The first-order valence-corrected chi connectivity index (χ1v) is 9.93. The van der Waals surface area contributed by atoms with Crippen molar-refractivity contribution in [2.75, 3.05) is 13.2 Å². The van der Waals surface area contributed by atoms with Crippen LogP contribution in [0.3, 0.4) is 0 Å². The average molecular weight is 435 g/mol. The van der Waals surface area contributed by atoms with Gasteiger partial charge in [-0.2, -0.15) is 5.26 Å². The molecule has 9 nitrogen and oxygen atoms in total. The van der Waals surface area contributed by atoms with E-state index >= 15 is 0 Å². The molecule has 9 heteroatoms. The predicted octanol–water partition coefficient (Wildman–Crippen LogP) is 2.90. The zero-order chi connectivity index (χ0) is 23.1. The fourth-order valence-electron chi connectivity index (χ4n) is 3.35. The molecular formula is C23H21N3O6. The number of rotatable bonds is 7. The highest BCUT2D eigenvalue weighted by molar-refractivity contribution is 6.42. The molecule has 1 N–H and O–H groups in total. The first kappa shape index (κ1) is 22.5. The van der Waals surface area contributed by atoms with Gasteiger partial charge >= 0.3 is 18.0 Å². The maximum absolute atomic E-state index is 12.2. The first-order chi connectivity index (χ1) is 15.5. The van der Waals surface area contributed by atoms with Gasteiger partial charge in [-0.1, -0.05) is 53.7 Å². The van der Waals surface area contributed by atoms with E-state index in [9.17, 15) is 14.4 Å². The van der Waals surface area contributed by atoms with Gasteiger partial charge in [0.2, 0.25) is 0 Å². The summed E-state index contributed by atoms with van der Waals surface area (Å²) in [5, 5.41) is 14.4. The Bertz CT molecular complexity index is 1060. The molecule has 0 spiro atoms. The van der Waals surface area contributed by atoms with Gasteiger partial charge in [-0.3, -0.25) is 0 Å². The molecule has 1 atom stereocenters. The van der Waals surface area contributed by atoms with Crippen LogP contribution in [0, 0.1) is 11.3 Å². The van der Waals surface area contributed by atoms with Gasteiger partial charge in [-0.05, 0) is 36.1 Å². The number of esters is 1. The van der Waals surface area contributed by atoms with E-state index in [0.717, 1.165) is 22.3 Å². The summed E-state index contributed by atoms with van der Waals surface area (Å²) in [6.07, 6.45) is -0.814. The number of nitriles is 1. The van der Waals surface area contributed by atoms with Gasteiger partial charge in [0.25, 0.3) is 5.71 Å². The standard InChI is InChI=1S/C23H21N3O6/c1-3-30-22(28)20(12-24)26-32-21(27)14(2)25-23(29)31-13-19-17-10-6-4-8-15(17)16-9-5-7-11-18(16)19/h4-11,14,19H,3,13H2,1-2H3,(H,25,29)/b26-20+/t14-/m0/s1. The number of hydrogen-bond acceptors (Lipinski definition) is 8. The average Bonchev–Trinajstić information content (AvgIpc) is 3.12. The van der Waals surface area contributed by atoms with Crippen molar-refractivity contribution >= 4 is 23.7 Å². The Morgan fingerprint density at radius 3 is 2.22 bits per heavy atom. The van der Waals surface area contributed by atoms with Crippen LogP contribution in [0.5, 0.6) is 0 Å². The molecule has 0 saturated heterocycles. The second-order valence-corrected chi connectivity index (χ2v) is 6.87. The SMILES string of the molecule is CCOC(=O)/C(C#N)=N/OC(=O)[C@H](C)NC(=O)OCC1c2ccccc2-c2ccccc21. The van der Waals surface area contributed by atoms with Crippen molar-refractivity contribution in [2.45, 2.75) is 25.8 Å². The quantitative estimate of drug-likeness (QED) is 0.307. The Labute approximate surface area is 184 Å². The topological polar surface area (TPSA) is 127 Å². The summed E-state index contributed by atoms with van der Waals surface area (Å²) >= 11 is 0. The van der Waals surface area contributed by atoms with Crippen LogP contribution in [-0.4, -0.2) is 43.0 Å². The van der Waals surface area contributed by atoms with E-state index in [4.69, 9.17) is 10.00 Å². The molecule has 2 aromatic rings. The molecule has 1 aliphatic rings. The summed E-state index contributed by atoms with van der Waals surface area (Å²) in [6, 6.07) is 16.2. The molecule has 0 bridgehead atoms. The van der Waals surface area contributed by atoms with Gasteiger partial charge in [0, 0.05) is 5.92 Å². The van der Waals surface area contributed by atoms with Gasteiger partial charge in [-0.15, -0.1) is 0 Å². The maximum Gasteiger partial charge on any atom is 0.407 e. The molecule has 1 aliphatic carbocycles. The van der Waals surface area contributed by atoms with Crippen LogP contribution >= 0.6 is 0 Å². The lowest BCUT2D eigenvalue weighted by Crippen LogP contribution is -2.40. The van der Waals surface area contributed by atoms with Gasteiger partial charge in [0.1, 0.15) is 18.7 Å². The number of nitrogens with zero attached hydrogens (tertiary/aromatic N) is 2. The van der Waals surface area contributed by atoms with Crippen LogP contribution in [-0.2, 0) is 23.9 Å². The zero-order valence-electron chi connectivity index (χ0n) is 17.5. The smallest absolute Gasteiger partial charge is 0.407 e. The van der Waals surface area contributed by atoms with Crippen molar-refractivity contribution in [3.05, 3.63) is 59.7 Å². The van der Waals surface area contributed by atoms with Gasteiger partial charge < -0.3 is 19.6 Å². The van der Waals surface area contributed by atoms with E-state index in [1.165, 1.54) is 13.0 Å². The number of nitrogens with one attached hydrogen (secondary N) is 1. The highest BCUT2D eigenvalue weighted by atomic mass is 16.7. The number of carbonyl (C=O) groups excluding carboxylic acids is 3. The molecule has 0 aromatic heterocycles. The number of alkyl carbamates (subject to hydrolysis) is 1. The Morgan fingerprint density at radius 2 is 1.66 bits per heavy atom. The number of ether oxygens (including phenoxy) is 2. The van der Waals surface area contributed by atoms with Crippen LogP contribution in [0.15, 0.2) is 53.7 Å². The fourth-order valence-corrected chi connectivity index (χ4v) is 3.35. The van der Waals surface area contributed by atoms with Crippen LogP contribution in [0.2, 0.25) is 0 Å². The number of oxime groups is 1. The van der Waals surface area contributed by atoms with Crippen LogP contribution < -0.4 is 5.32 Å². The monoisotopic (exact) mass is 435 g/mol. The summed E-state index contributed by atoms with van der Waals surface area (Å²) in [4.78, 5) is 40.2. The molecule has 0 fully saturated rings. The van der Waals surface area contributed by atoms with E-state index in [1.54, 1.807) is 6.92 Å². The summed E-state index contributed by atoms with van der Waals surface area (Å²) in [6.45, 7) is 3.03. The third-order valence-corrected chi connectivity index (χ3v) is 4.83. The summed E-state index contributed by atoms with van der Waals surface area (Å²) in [7, 11) is 0. The van der Waals surface area contributed by atoms with Gasteiger partial charge in [-0.25, -0.2) is 14.4 Å². The third-order valence-electron chi connectivity index (χ3n) is 4.83. The minimum absolute atomic E-state index is 0.0349. The molecule has 1 amide bonds. The Hall–Kier alpha value is -4.19. The second-order valence-electron chi connectivity index (χ2n) is 6.87. The lowest BCUT2D eigenvalue weighted by atomic mass is 9.98. The first-order valence-electron chi connectivity index (χ1n) is 9.93. The molecule has 2 aromatic carbocycles. The Balaban J connectivity index is 1.57. The summed E-state index contributed by atoms with van der Waals surface area (Å²) in [5.74, 6) is -2.11. The highest BCUT2D eigenvalue weighted by Crippen LogP contribution is 2.44. The van der Waals surface area contributed by atoms with Gasteiger partial charge in [0.15, 0.2) is 0 Å². The lowest BCUT2D eigenvalue weighted by molar-refractivity contribution is -0.145. The fraction of sp³-hybridized carbons (Fsp3) is 0.261. The highest BCUT2D eigenvalue weighted by Gasteiger charge is 2.29. The maximum atomic E-state index is 12.2. The van der Waals surface area contributed by atoms with E-state index in [1.807, 2.05) is 48.5 Å². The number of hydrogen-bond donors (Lipinski definition) is 1. The Morgan fingerprint density at radius 1 is 1.06 bits per heavy atom. The number of fused-ring (bicyclic) bond motifs is 3. The largest absolute Gasteiger partial charge is 0.461 e. The molecule has 0 saturated carbocycles. The van der Waals surface area contributed by atoms with Crippen molar-refractivity contribution in [3.8, 4) is 17.2 Å². The lowest BCUT2D eigenvalue weighted by Gasteiger charge is -2.16. The van der Waals surface area contributed by atoms with E-state index in [-0.39, 0.29) is 19.1 Å². The molecule has 0 unspecified atom stereocenters. The van der Waals surface area contributed by atoms with Crippen LogP contribution in [0.1, 0.15) is 30.9 Å². The van der Waals surface area contributed by atoms with Crippen molar-refractivity contribution in [3.63, 3.8) is 0 Å². The van der Waals surface area contributed by atoms with Crippen molar-refractivity contribution in [1.29, 1.82) is 5.26 Å². The second kappa shape index (κ2) is 10.2. The van der Waals surface area contributed by atoms with Crippen LogP contribution in [0.4, 0.5) is 4.79 Å². The molecule has 0 aliphatic heterocycles. The molecule has 164 valence electrons. The number of benzene rings is 2. The molecule has 0 heterocycles. The zero-order valence-corrected chi connectivity index (χ0v) is 17.5. The summed E-state index contributed by atoms with van der Waals surface area (Å²) < 4.78 is 9.97.